The maximum atomic E-state index is 12.6. The van der Waals surface area contributed by atoms with Gasteiger partial charge in [-0.1, -0.05) is 30.3 Å². The summed E-state index contributed by atoms with van der Waals surface area (Å²) in [6.45, 7) is 1.33. The molecule has 0 unspecified atom stereocenters. The van der Waals surface area contributed by atoms with Crippen molar-refractivity contribution in [2.45, 2.75) is 6.92 Å². The minimum Gasteiger partial charge on any atom is -0.293 e. The summed E-state index contributed by atoms with van der Waals surface area (Å²) in [7, 11) is 0. The molecule has 0 saturated heterocycles. The first kappa shape index (κ1) is 13.3. The minimum atomic E-state index is -1.93. The molecule has 0 bridgehead atoms. The van der Waals surface area contributed by atoms with Crippen LogP contribution in [0.4, 0.5) is 0 Å². The second kappa shape index (κ2) is 3.92. The summed E-state index contributed by atoms with van der Waals surface area (Å²) in [6.07, 6.45) is 0. The number of benzene rings is 1. The van der Waals surface area contributed by atoms with E-state index in [-0.39, 0.29) is 5.56 Å². The zero-order valence-electron chi connectivity index (χ0n) is 10.6. The van der Waals surface area contributed by atoms with E-state index in [1.807, 2.05) is 0 Å². The van der Waals surface area contributed by atoms with Gasteiger partial charge in [-0.15, -0.1) is 0 Å². The SMILES string of the molecule is CC1(C(=O)c2ccccc2)C(C#N)(C#N)C1(C#N)C#N. The standard InChI is InChI=1S/C15H8N4O/c1-13(12(20)11-5-3-2-4-6-11)14(7-16,8-17)15(13,9-18)10-19/h2-6H,1H3. The molecular formula is C15H8N4O. The summed E-state index contributed by atoms with van der Waals surface area (Å²) >= 11 is 0. The molecule has 0 spiro atoms. The fourth-order valence-electron chi connectivity index (χ4n) is 2.77. The highest BCUT2D eigenvalue weighted by Crippen LogP contribution is 2.78. The molecule has 5 nitrogen and oxygen atoms in total. The fraction of sp³-hybridized carbons (Fsp3) is 0.267. The van der Waals surface area contributed by atoms with Crippen LogP contribution >= 0.6 is 0 Å². The van der Waals surface area contributed by atoms with Crippen LogP contribution < -0.4 is 0 Å². The molecule has 0 aliphatic heterocycles. The summed E-state index contributed by atoms with van der Waals surface area (Å²) < 4.78 is 0. The van der Waals surface area contributed by atoms with Crippen LogP contribution in [-0.4, -0.2) is 5.78 Å². The van der Waals surface area contributed by atoms with E-state index in [4.69, 9.17) is 0 Å². The first-order chi connectivity index (χ1) is 9.51. The van der Waals surface area contributed by atoms with Crippen LogP contribution in [0.1, 0.15) is 17.3 Å². The highest BCUT2D eigenvalue weighted by Gasteiger charge is 2.92. The van der Waals surface area contributed by atoms with Gasteiger partial charge in [-0.2, -0.15) is 21.0 Å². The molecule has 1 aliphatic rings. The van der Waals surface area contributed by atoms with Crippen molar-refractivity contribution in [3.8, 4) is 24.3 Å². The number of hydrogen-bond donors (Lipinski definition) is 0. The monoisotopic (exact) mass is 260 g/mol. The van der Waals surface area contributed by atoms with Gasteiger partial charge in [-0.25, -0.2) is 0 Å². The van der Waals surface area contributed by atoms with Gasteiger partial charge in [-0.3, -0.25) is 4.79 Å². The van der Waals surface area contributed by atoms with Crippen LogP contribution in [0.15, 0.2) is 30.3 Å². The highest BCUT2D eigenvalue weighted by atomic mass is 16.1. The lowest BCUT2D eigenvalue weighted by Gasteiger charge is -2.09. The van der Waals surface area contributed by atoms with Gasteiger partial charge >= 0.3 is 0 Å². The lowest BCUT2D eigenvalue weighted by molar-refractivity contribution is 0.0887. The second-order valence-electron chi connectivity index (χ2n) is 4.77. The maximum Gasteiger partial charge on any atom is 0.191 e. The Balaban J connectivity index is 2.67. The van der Waals surface area contributed by atoms with Crippen LogP contribution in [0.2, 0.25) is 0 Å². The molecule has 0 aromatic heterocycles. The van der Waals surface area contributed by atoms with E-state index >= 15 is 0 Å². The van der Waals surface area contributed by atoms with Gasteiger partial charge in [0.1, 0.15) is 0 Å². The number of nitriles is 4. The quantitative estimate of drug-likeness (QED) is 0.754. The molecule has 1 aliphatic carbocycles. The average Bonchev–Trinajstić information content (AvgIpc) is 3.01. The lowest BCUT2D eigenvalue weighted by Crippen LogP contribution is -2.21. The Hall–Kier alpha value is -3.15. The molecule has 0 N–H and O–H groups in total. The van der Waals surface area contributed by atoms with Crippen molar-refractivity contribution in [1.82, 2.24) is 0 Å². The van der Waals surface area contributed by atoms with Crippen LogP contribution in [0, 0.1) is 61.6 Å². The molecule has 0 heterocycles. The number of carbonyl (C=O) groups excluding carboxylic acids is 1. The molecule has 5 heteroatoms. The summed E-state index contributed by atoms with van der Waals surface area (Å²) in [5.74, 6) is -0.538. The van der Waals surface area contributed by atoms with E-state index in [2.05, 4.69) is 0 Å². The third kappa shape index (κ3) is 1.06. The Morgan fingerprint density at radius 1 is 0.900 bits per heavy atom. The van der Waals surface area contributed by atoms with Crippen molar-refractivity contribution in [1.29, 1.82) is 21.0 Å². The molecule has 0 atom stereocenters. The Morgan fingerprint density at radius 2 is 1.30 bits per heavy atom. The molecule has 0 amide bonds. The summed E-state index contributed by atoms with van der Waals surface area (Å²) in [4.78, 5) is 12.6. The van der Waals surface area contributed by atoms with Crippen molar-refractivity contribution in [3.05, 3.63) is 35.9 Å². The predicted molar refractivity (Wildman–Crippen MR) is 66.2 cm³/mol. The number of rotatable bonds is 2. The highest BCUT2D eigenvalue weighted by molar-refractivity contribution is 6.06. The van der Waals surface area contributed by atoms with Crippen LogP contribution in [-0.2, 0) is 0 Å². The Morgan fingerprint density at radius 3 is 1.65 bits per heavy atom. The van der Waals surface area contributed by atoms with Crippen LogP contribution in [0.3, 0.4) is 0 Å². The predicted octanol–water partition coefficient (Wildman–Crippen LogP) is 1.96. The van der Waals surface area contributed by atoms with E-state index in [1.165, 1.54) is 19.1 Å². The Labute approximate surface area is 115 Å². The van der Waals surface area contributed by atoms with E-state index in [9.17, 15) is 25.8 Å². The van der Waals surface area contributed by atoms with E-state index in [1.54, 1.807) is 42.5 Å². The van der Waals surface area contributed by atoms with Crippen LogP contribution in [0.5, 0.6) is 0 Å². The molecule has 20 heavy (non-hydrogen) atoms. The first-order valence-electron chi connectivity index (χ1n) is 5.76. The zero-order chi connectivity index (χ0) is 15.0. The Kier molecular flexibility index (Phi) is 2.61. The van der Waals surface area contributed by atoms with E-state index < -0.39 is 22.0 Å². The smallest absolute Gasteiger partial charge is 0.191 e. The summed E-state index contributed by atoms with van der Waals surface area (Å²) in [5, 5.41) is 37.0. The van der Waals surface area contributed by atoms with Crippen molar-refractivity contribution in [2.75, 3.05) is 0 Å². The van der Waals surface area contributed by atoms with E-state index in [0.717, 1.165) is 0 Å². The maximum absolute atomic E-state index is 12.6. The molecule has 1 saturated carbocycles. The molecule has 94 valence electrons. The van der Waals surface area contributed by atoms with Gasteiger partial charge in [0.15, 0.2) is 16.6 Å². The number of hydrogen-bond acceptors (Lipinski definition) is 5. The fourth-order valence-corrected chi connectivity index (χ4v) is 2.77. The third-order valence-electron chi connectivity index (χ3n) is 4.16. The van der Waals surface area contributed by atoms with E-state index in [0.29, 0.717) is 0 Å². The Bertz CT molecular complexity index is 686. The van der Waals surface area contributed by atoms with Gasteiger partial charge < -0.3 is 0 Å². The van der Waals surface area contributed by atoms with Crippen LogP contribution in [0.25, 0.3) is 0 Å². The van der Waals surface area contributed by atoms with Crippen molar-refractivity contribution in [3.63, 3.8) is 0 Å². The molecule has 2 rings (SSSR count). The molecule has 1 fully saturated rings. The summed E-state index contributed by atoms with van der Waals surface area (Å²) in [5.41, 5.74) is -5.24. The molecule has 1 aromatic rings. The normalized spacial score (nSPS) is 19.4. The third-order valence-corrected chi connectivity index (χ3v) is 4.16. The van der Waals surface area contributed by atoms with Crippen molar-refractivity contribution in [2.24, 2.45) is 16.2 Å². The van der Waals surface area contributed by atoms with Gasteiger partial charge in [0.05, 0.1) is 29.7 Å². The minimum absolute atomic E-state index is 0.275. The topological polar surface area (TPSA) is 112 Å². The number of carbonyl (C=O) groups is 1. The lowest BCUT2D eigenvalue weighted by atomic mass is 9.87. The van der Waals surface area contributed by atoms with Gasteiger partial charge in [0.2, 0.25) is 0 Å². The van der Waals surface area contributed by atoms with Crippen molar-refractivity contribution < 1.29 is 4.79 Å². The molecule has 1 aromatic carbocycles. The number of Topliss-reactive ketones (excluding diaryl/α,β-unsaturated/α-hetero) is 1. The summed E-state index contributed by atoms with van der Waals surface area (Å²) in [6, 6.07) is 14.9. The second-order valence-corrected chi connectivity index (χ2v) is 4.77. The molecular weight excluding hydrogens is 252 g/mol. The largest absolute Gasteiger partial charge is 0.293 e. The zero-order valence-corrected chi connectivity index (χ0v) is 10.6. The van der Waals surface area contributed by atoms with Crippen molar-refractivity contribution >= 4 is 5.78 Å². The number of nitrogens with zero attached hydrogens (tertiary/aromatic N) is 4. The first-order valence-corrected chi connectivity index (χ1v) is 5.76. The van der Waals surface area contributed by atoms with Gasteiger partial charge in [0, 0.05) is 5.56 Å². The number of ketones is 1. The average molecular weight is 260 g/mol. The van der Waals surface area contributed by atoms with Gasteiger partial charge in [-0.05, 0) is 6.92 Å². The molecule has 0 radical (unpaired) electrons. The van der Waals surface area contributed by atoms with Gasteiger partial charge in [0.25, 0.3) is 0 Å².